The van der Waals surface area contributed by atoms with Crippen LogP contribution in [0.3, 0.4) is 0 Å². The first-order valence-corrected chi connectivity index (χ1v) is 4.30. The molecule has 4 nitrogen and oxygen atoms in total. The molecule has 76 valence electrons. The van der Waals surface area contributed by atoms with Crippen LogP contribution in [0.2, 0.25) is 0 Å². The number of carboxylic acids is 1. The smallest absolute Gasteiger partial charge is 0.352 e. The summed E-state index contributed by atoms with van der Waals surface area (Å²) < 4.78 is 0. The van der Waals surface area contributed by atoms with Gasteiger partial charge in [-0.25, -0.2) is 4.79 Å². The highest BCUT2D eigenvalue weighted by Gasteiger charge is 2.10. The van der Waals surface area contributed by atoms with Gasteiger partial charge in [0, 0.05) is 5.69 Å². The molecule has 0 bridgehead atoms. The van der Waals surface area contributed by atoms with Crippen molar-refractivity contribution in [3.8, 4) is 6.07 Å². The highest BCUT2D eigenvalue weighted by atomic mass is 16.4. The lowest BCUT2D eigenvalue weighted by molar-refractivity contribution is 0.0691. The van der Waals surface area contributed by atoms with Crippen molar-refractivity contribution >= 4 is 12.0 Å². The predicted octanol–water partition coefficient (Wildman–Crippen LogP) is 1.98. The minimum absolute atomic E-state index is 0.0870. The molecule has 0 aliphatic heterocycles. The maximum Gasteiger partial charge on any atom is 0.352 e. The van der Waals surface area contributed by atoms with Crippen molar-refractivity contribution in [2.24, 2.45) is 0 Å². The van der Waals surface area contributed by atoms with Gasteiger partial charge in [0.15, 0.2) is 0 Å². The lowest BCUT2D eigenvalue weighted by atomic mass is 10.1. The van der Waals surface area contributed by atoms with Crippen LogP contribution in [0.25, 0.3) is 6.08 Å². The number of aromatic carboxylic acids is 1. The highest BCUT2D eigenvalue weighted by molar-refractivity contribution is 5.86. The second-order valence-corrected chi connectivity index (χ2v) is 2.86. The van der Waals surface area contributed by atoms with E-state index in [1.54, 1.807) is 18.2 Å². The van der Waals surface area contributed by atoms with Crippen LogP contribution in [-0.4, -0.2) is 16.1 Å². The number of rotatable bonds is 4. The van der Waals surface area contributed by atoms with Gasteiger partial charge in [0.1, 0.15) is 5.69 Å². The lowest BCUT2D eigenvalue weighted by Gasteiger charge is -1.90. The molecule has 1 aromatic heterocycles. The number of nitrogens with zero attached hydrogens (tertiary/aromatic N) is 1. The molecule has 0 spiro atoms. The molecule has 4 heteroatoms. The SMILES string of the molecule is C=C/C=C\c1[nH]c(C(=O)O)cc1CC#N. The first kappa shape index (κ1) is 10.8. The number of aromatic nitrogens is 1. The number of aromatic amines is 1. The Kier molecular flexibility index (Phi) is 3.47. The molecule has 2 N–H and O–H groups in total. The maximum atomic E-state index is 10.7. The highest BCUT2D eigenvalue weighted by Crippen LogP contribution is 2.13. The van der Waals surface area contributed by atoms with Crippen molar-refractivity contribution in [1.82, 2.24) is 4.98 Å². The summed E-state index contributed by atoms with van der Waals surface area (Å²) in [5.41, 5.74) is 1.39. The summed E-state index contributed by atoms with van der Waals surface area (Å²) in [6.45, 7) is 3.51. The van der Waals surface area contributed by atoms with Crippen LogP contribution in [0.5, 0.6) is 0 Å². The number of hydrogen-bond donors (Lipinski definition) is 2. The lowest BCUT2D eigenvalue weighted by Crippen LogP contribution is -1.95. The molecule has 0 unspecified atom stereocenters. The Hall–Kier alpha value is -2.28. The van der Waals surface area contributed by atoms with Crippen molar-refractivity contribution in [2.75, 3.05) is 0 Å². The quantitative estimate of drug-likeness (QED) is 0.733. The first-order valence-electron chi connectivity index (χ1n) is 4.30. The van der Waals surface area contributed by atoms with Gasteiger partial charge < -0.3 is 10.1 Å². The van der Waals surface area contributed by atoms with Gasteiger partial charge >= 0.3 is 5.97 Å². The van der Waals surface area contributed by atoms with E-state index < -0.39 is 5.97 Å². The molecule has 0 aliphatic rings. The molecule has 0 radical (unpaired) electrons. The molecule has 1 aromatic rings. The molecule has 0 saturated heterocycles. The van der Waals surface area contributed by atoms with Gasteiger partial charge in [0.2, 0.25) is 0 Å². The Balaban J connectivity index is 3.11. The largest absolute Gasteiger partial charge is 0.477 e. The third-order valence-electron chi connectivity index (χ3n) is 1.83. The van der Waals surface area contributed by atoms with E-state index in [4.69, 9.17) is 10.4 Å². The fourth-order valence-corrected chi connectivity index (χ4v) is 1.17. The standard InChI is InChI=1S/C11H10N2O2/c1-2-3-4-9-8(5-6-12)7-10(13-9)11(14)15/h2-4,7,13H,1,5H2,(H,14,15)/b4-3-. The number of nitrogens with one attached hydrogen (secondary N) is 1. The second kappa shape index (κ2) is 4.82. The van der Waals surface area contributed by atoms with Crippen molar-refractivity contribution in [1.29, 1.82) is 5.26 Å². The summed E-state index contributed by atoms with van der Waals surface area (Å²) in [5.74, 6) is -1.03. The average Bonchev–Trinajstić information content (AvgIpc) is 2.59. The summed E-state index contributed by atoms with van der Waals surface area (Å²) in [4.78, 5) is 13.4. The summed E-state index contributed by atoms with van der Waals surface area (Å²) in [6.07, 6.45) is 5.13. The fourth-order valence-electron chi connectivity index (χ4n) is 1.17. The van der Waals surface area contributed by atoms with Crippen LogP contribution < -0.4 is 0 Å². The number of allylic oxidation sites excluding steroid dienone is 2. The second-order valence-electron chi connectivity index (χ2n) is 2.86. The van der Waals surface area contributed by atoms with Gasteiger partial charge in [-0.05, 0) is 17.7 Å². The van der Waals surface area contributed by atoms with Gasteiger partial charge in [0.25, 0.3) is 0 Å². The number of carboxylic acid groups (broad SMARTS) is 1. The summed E-state index contributed by atoms with van der Waals surface area (Å²) in [5, 5.41) is 17.3. The van der Waals surface area contributed by atoms with E-state index in [0.29, 0.717) is 11.3 Å². The van der Waals surface area contributed by atoms with Gasteiger partial charge in [-0.3, -0.25) is 0 Å². The van der Waals surface area contributed by atoms with Gasteiger partial charge in [-0.2, -0.15) is 5.26 Å². The Morgan fingerprint density at radius 3 is 3.00 bits per heavy atom. The topological polar surface area (TPSA) is 76.9 Å². The molecule has 15 heavy (non-hydrogen) atoms. The van der Waals surface area contributed by atoms with Crippen LogP contribution >= 0.6 is 0 Å². The van der Waals surface area contributed by atoms with Crippen molar-refractivity contribution in [2.45, 2.75) is 6.42 Å². The fraction of sp³-hybridized carbons (Fsp3) is 0.0909. The minimum Gasteiger partial charge on any atom is -0.477 e. The molecular formula is C11H10N2O2. The van der Waals surface area contributed by atoms with Crippen molar-refractivity contribution in [3.63, 3.8) is 0 Å². The Bertz CT molecular complexity index is 450. The Labute approximate surface area is 87.2 Å². The van der Waals surface area contributed by atoms with E-state index in [1.165, 1.54) is 6.07 Å². The number of H-pyrrole nitrogens is 1. The van der Waals surface area contributed by atoms with Crippen LogP contribution in [0.1, 0.15) is 21.7 Å². The molecule has 0 atom stereocenters. The Morgan fingerprint density at radius 2 is 2.47 bits per heavy atom. The third-order valence-corrected chi connectivity index (χ3v) is 1.83. The molecule has 0 amide bonds. The van der Waals surface area contributed by atoms with Crippen LogP contribution in [0.4, 0.5) is 0 Å². The summed E-state index contributed by atoms with van der Waals surface area (Å²) in [7, 11) is 0. The molecule has 0 fully saturated rings. The van der Waals surface area contributed by atoms with Gasteiger partial charge in [0.05, 0.1) is 12.5 Å². The van der Waals surface area contributed by atoms with E-state index in [9.17, 15) is 4.79 Å². The van der Waals surface area contributed by atoms with E-state index >= 15 is 0 Å². The average molecular weight is 202 g/mol. The molecule has 0 aliphatic carbocycles. The molecule has 1 rings (SSSR count). The minimum atomic E-state index is -1.03. The van der Waals surface area contributed by atoms with Crippen molar-refractivity contribution < 1.29 is 9.90 Å². The normalized spacial score (nSPS) is 10.1. The Morgan fingerprint density at radius 1 is 1.73 bits per heavy atom. The molecule has 0 aromatic carbocycles. The summed E-state index contributed by atoms with van der Waals surface area (Å²) >= 11 is 0. The van der Waals surface area contributed by atoms with Crippen LogP contribution in [0, 0.1) is 11.3 Å². The predicted molar refractivity (Wildman–Crippen MR) is 56.3 cm³/mol. The molecule has 1 heterocycles. The van der Waals surface area contributed by atoms with E-state index in [1.807, 2.05) is 6.07 Å². The van der Waals surface area contributed by atoms with Crippen LogP contribution in [0.15, 0.2) is 24.8 Å². The van der Waals surface area contributed by atoms with E-state index in [0.717, 1.165) is 0 Å². The number of hydrogen-bond acceptors (Lipinski definition) is 2. The van der Waals surface area contributed by atoms with Crippen LogP contribution in [-0.2, 0) is 6.42 Å². The zero-order valence-corrected chi connectivity index (χ0v) is 8.03. The third kappa shape index (κ3) is 2.58. The number of carbonyl (C=O) groups is 1. The summed E-state index contributed by atoms with van der Waals surface area (Å²) in [6, 6.07) is 3.45. The number of nitriles is 1. The van der Waals surface area contributed by atoms with E-state index in [2.05, 4.69) is 11.6 Å². The van der Waals surface area contributed by atoms with Gasteiger partial charge in [-0.15, -0.1) is 0 Å². The van der Waals surface area contributed by atoms with E-state index in [-0.39, 0.29) is 12.1 Å². The van der Waals surface area contributed by atoms with Crippen molar-refractivity contribution in [3.05, 3.63) is 41.7 Å². The molecule has 0 saturated carbocycles. The molecular weight excluding hydrogens is 192 g/mol. The first-order chi connectivity index (χ1) is 7.19. The maximum absolute atomic E-state index is 10.7. The monoisotopic (exact) mass is 202 g/mol. The zero-order chi connectivity index (χ0) is 11.3. The van der Waals surface area contributed by atoms with Gasteiger partial charge in [-0.1, -0.05) is 18.7 Å². The zero-order valence-electron chi connectivity index (χ0n) is 8.03.